The number of hydrogen-bond donors (Lipinski definition) is 3. The van der Waals surface area contributed by atoms with E-state index in [9.17, 15) is 9.59 Å². The Kier molecular flexibility index (Phi) is 5.81. The molecular formula is C21H26N6O2. The zero-order valence-corrected chi connectivity index (χ0v) is 17.3. The Morgan fingerprint density at radius 3 is 2.45 bits per heavy atom. The topological polar surface area (TPSA) is 101 Å². The van der Waals surface area contributed by atoms with Crippen LogP contribution in [0.25, 0.3) is 11.0 Å². The van der Waals surface area contributed by atoms with Crippen LogP contribution in [0.4, 0.5) is 10.5 Å². The highest BCUT2D eigenvalue weighted by Crippen LogP contribution is 2.19. The van der Waals surface area contributed by atoms with Crippen LogP contribution in [0, 0.1) is 13.8 Å². The molecule has 3 N–H and O–H groups in total. The number of urea groups is 1. The number of rotatable bonds is 5. The molecule has 8 nitrogen and oxygen atoms in total. The van der Waals surface area contributed by atoms with Gasteiger partial charge in [-0.15, -0.1) is 0 Å². The maximum atomic E-state index is 12.7. The molecule has 0 saturated heterocycles. The van der Waals surface area contributed by atoms with E-state index in [4.69, 9.17) is 0 Å². The summed E-state index contributed by atoms with van der Waals surface area (Å²) in [6.07, 6.45) is 0. The molecule has 0 spiro atoms. The van der Waals surface area contributed by atoms with Gasteiger partial charge in [0.15, 0.2) is 5.65 Å². The largest absolute Gasteiger partial charge is 0.348 e. The van der Waals surface area contributed by atoms with E-state index in [0.717, 1.165) is 22.3 Å². The van der Waals surface area contributed by atoms with Crippen molar-refractivity contribution >= 4 is 28.7 Å². The highest BCUT2D eigenvalue weighted by molar-refractivity contribution is 5.98. The molecule has 2 heterocycles. The quantitative estimate of drug-likeness (QED) is 0.619. The molecule has 1 aromatic carbocycles. The van der Waals surface area contributed by atoms with E-state index >= 15 is 0 Å². The number of benzene rings is 1. The van der Waals surface area contributed by atoms with Crippen LogP contribution in [0.1, 0.15) is 41.2 Å². The molecule has 0 bridgehead atoms. The van der Waals surface area contributed by atoms with E-state index < -0.39 is 0 Å². The highest BCUT2D eigenvalue weighted by Gasteiger charge is 2.15. The number of amides is 3. The standard InChI is InChI=1S/C21H26N6O2/c1-12(2)23-21(29)25-16-8-6-15(7-9-16)11-22-20(28)18-10-17-14(4)26-27(5)19(17)24-13(18)3/h6-10,12H,11H2,1-5H3,(H,22,28)(H2,23,25,29). The average Bonchev–Trinajstić information content (AvgIpc) is 2.92. The molecule has 0 fully saturated rings. The van der Waals surface area contributed by atoms with Gasteiger partial charge in [-0.05, 0) is 51.5 Å². The smallest absolute Gasteiger partial charge is 0.319 e. The molecule has 3 rings (SSSR count). The summed E-state index contributed by atoms with van der Waals surface area (Å²) in [5.41, 5.74) is 4.42. The zero-order valence-electron chi connectivity index (χ0n) is 17.3. The van der Waals surface area contributed by atoms with E-state index in [0.29, 0.717) is 23.5 Å². The van der Waals surface area contributed by atoms with E-state index in [1.54, 1.807) is 16.8 Å². The lowest BCUT2D eigenvalue weighted by molar-refractivity contribution is 0.0950. The van der Waals surface area contributed by atoms with Gasteiger partial charge in [0.05, 0.1) is 17.0 Å². The van der Waals surface area contributed by atoms with Crippen molar-refractivity contribution < 1.29 is 9.59 Å². The molecule has 0 unspecified atom stereocenters. The maximum Gasteiger partial charge on any atom is 0.319 e. The zero-order chi connectivity index (χ0) is 21.1. The normalized spacial score (nSPS) is 11.0. The molecule has 29 heavy (non-hydrogen) atoms. The van der Waals surface area contributed by atoms with Gasteiger partial charge in [-0.1, -0.05) is 12.1 Å². The van der Waals surface area contributed by atoms with Gasteiger partial charge in [-0.25, -0.2) is 9.78 Å². The number of pyridine rings is 1. The van der Waals surface area contributed by atoms with Crippen LogP contribution >= 0.6 is 0 Å². The fraction of sp³-hybridized carbons (Fsp3) is 0.333. The Morgan fingerprint density at radius 1 is 1.10 bits per heavy atom. The molecule has 0 aliphatic heterocycles. The third-order valence-electron chi connectivity index (χ3n) is 4.52. The van der Waals surface area contributed by atoms with Crippen molar-refractivity contribution in [2.24, 2.45) is 7.05 Å². The second-order valence-corrected chi connectivity index (χ2v) is 7.33. The molecular weight excluding hydrogens is 368 g/mol. The molecule has 8 heteroatoms. The first-order valence-corrected chi connectivity index (χ1v) is 9.50. The molecule has 3 amide bonds. The minimum Gasteiger partial charge on any atom is -0.348 e. The van der Waals surface area contributed by atoms with Crippen molar-refractivity contribution in [2.75, 3.05) is 5.32 Å². The Morgan fingerprint density at radius 2 is 1.79 bits per heavy atom. The first kappa shape index (κ1) is 20.3. The van der Waals surface area contributed by atoms with E-state index in [1.165, 1.54) is 0 Å². The molecule has 0 radical (unpaired) electrons. The number of carbonyl (C=O) groups is 2. The SMILES string of the molecule is Cc1nc2c(cc1C(=O)NCc1ccc(NC(=O)NC(C)C)cc1)c(C)nn2C. The van der Waals surface area contributed by atoms with Crippen molar-refractivity contribution in [1.82, 2.24) is 25.4 Å². The second kappa shape index (κ2) is 8.30. The minimum atomic E-state index is -0.245. The van der Waals surface area contributed by atoms with Crippen molar-refractivity contribution in [1.29, 1.82) is 0 Å². The predicted molar refractivity (Wildman–Crippen MR) is 113 cm³/mol. The third-order valence-corrected chi connectivity index (χ3v) is 4.52. The fourth-order valence-electron chi connectivity index (χ4n) is 3.07. The fourth-order valence-corrected chi connectivity index (χ4v) is 3.07. The first-order valence-electron chi connectivity index (χ1n) is 9.50. The molecule has 152 valence electrons. The van der Waals surface area contributed by atoms with Crippen molar-refractivity contribution in [2.45, 2.75) is 40.3 Å². The van der Waals surface area contributed by atoms with Gasteiger partial charge < -0.3 is 16.0 Å². The van der Waals surface area contributed by atoms with Gasteiger partial charge in [-0.2, -0.15) is 5.10 Å². The van der Waals surface area contributed by atoms with Crippen LogP contribution in [0.5, 0.6) is 0 Å². The number of hydrogen-bond acceptors (Lipinski definition) is 4. The van der Waals surface area contributed by atoms with Crippen LogP contribution in [0.2, 0.25) is 0 Å². The number of carbonyl (C=O) groups excluding carboxylic acids is 2. The van der Waals surface area contributed by atoms with Crippen molar-refractivity contribution in [3.05, 3.63) is 52.8 Å². The monoisotopic (exact) mass is 394 g/mol. The number of anilines is 1. The highest BCUT2D eigenvalue weighted by atomic mass is 16.2. The summed E-state index contributed by atoms with van der Waals surface area (Å²) >= 11 is 0. The number of fused-ring (bicyclic) bond motifs is 1. The van der Waals surface area contributed by atoms with Crippen LogP contribution in [-0.2, 0) is 13.6 Å². The number of aromatic nitrogens is 3. The lowest BCUT2D eigenvalue weighted by Gasteiger charge is -2.11. The van der Waals surface area contributed by atoms with Gasteiger partial charge in [0.25, 0.3) is 5.91 Å². The van der Waals surface area contributed by atoms with Gasteiger partial charge >= 0.3 is 6.03 Å². The average molecular weight is 394 g/mol. The van der Waals surface area contributed by atoms with Gasteiger partial charge in [0, 0.05) is 30.7 Å². The Hall–Kier alpha value is -3.42. The predicted octanol–water partition coefficient (Wildman–Crippen LogP) is 3.05. The van der Waals surface area contributed by atoms with Gasteiger partial charge in [0.2, 0.25) is 0 Å². The van der Waals surface area contributed by atoms with Gasteiger partial charge in [0.1, 0.15) is 0 Å². The molecule has 0 atom stereocenters. The molecule has 2 aromatic heterocycles. The van der Waals surface area contributed by atoms with Crippen LogP contribution in [0.15, 0.2) is 30.3 Å². The number of aryl methyl sites for hydroxylation is 3. The van der Waals surface area contributed by atoms with Crippen LogP contribution < -0.4 is 16.0 Å². The van der Waals surface area contributed by atoms with Gasteiger partial charge in [-0.3, -0.25) is 9.48 Å². The Bertz CT molecular complexity index is 1050. The summed E-state index contributed by atoms with van der Waals surface area (Å²) in [5, 5.41) is 13.7. The van der Waals surface area contributed by atoms with E-state index in [1.807, 2.05) is 52.9 Å². The molecule has 3 aromatic rings. The summed E-state index contributed by atoms with van der Waals surface area (Å²) < 4.78 is 1.72. The molecule has 0 aliphatic carbocycles. The van der Waals surface area contributed by atoms with Crippen LogP contribution in [0.3, 0.4) is 0 Å². The minimum absolute atomic E-state index is 0.0668. The van der Waals surface area contributed by atoms with E-state index in [2.05, 4.69) is 26.0 Å². The van der Waals surface area contributed by atoms with Crippen molar-refractivity contribution in [3.63, 3.8) is 0 Å². The Balaban J connectivity index is 1.65. The summed E-state index contributed by atoms with van der Waals surface area (Å²) in [4.78, 5) is 28.9. The van der Waals surface area contributed by atoms with Crippen molar-refractivity contribution in [3.8, 4) is 0 Å². The van der Waals surface area contributed by atoms with Crippen LogP contribution in [-0.4, -0.2) is 32.7 Å². The summed E-state index contributed by atoms with van der Waals surface area (Å²) in [5.74, 6) is -0.182. The molecule has 0 saturated carbocycles. The number of nitrogens with zero attached hydrogens (tertiary/aromatic N) is 3. The molecule has 0 aliphatic rings. The summed E-state index contributed by atoms with van der Waals surface area (Å²) in [6.45, 7) is 7.89. The summed E-state index contributed by atoms with van der Waals surface area (Å²) in [6, 6.07) is 9.01. The second-order valence-electron chi connectivity index (χ2n) is 7.33. The summed E-state index contributed by atoms with van der Waals surface area (Å²) in [7, 11) is 1.84. The first-order chi connectivity index (χ1) is 13.7. The lowest BCUT2D eigenvalue weighted by atomic mass is 10.1. The lowest BCUT2D eigenvalue weighted by Crippen LogP contribution is -2.34. The maximum absolute atomic E-state index is 12.7. The number of nitrogens with one attached hydrogen (secondary N) is 3. The van der Waals surface area contributed by atoms with E-state index in [-0.39, 0.29) is 18.0 Å². The third kappa shape index (κ3) is 4.71. The Labute approximate surface area is 169 Å².